The summed E-state index contributed by atoms with van der Waals surface area (Å²) in [7, 11) is -3.62. The summed E-state index contributed by atoms with van der Waals surface area (Å²) in [6, 6.07) is 0. The Morgan fingerprint density at radius 1 is 1.29 bits per heavy atom. The van der Waals surface area contributed by atoms with E-state index in [-0.39, 0.29) is 13.1 Å². The Morgan fingerprint density at radius 2 is 2.10 bits per heavy atom. The highest BCUT2D eigenvalue weighted by molar-refractivity contribution is 7.86. The summed E-state index contributed by atoms with van der Waals surface area (Å²) in [5.41, 5.74) is 0. The summed E-state index contributed by atoms with van der Waals surface area (Å²) < 4.78 is 29.9. The molecule has 0 amide bonds. The van der Waals surface area contributed by atoms with Gasteiger partial charge in [0.15, 0.2) is 0 Å². The van der Waals surface area contributed by atoms with Crippen LogP contribution in [-0.4, -0.2) is 57.3 Å². The Bertz CT molecular complexity index is 641. The molecule has 0 aliphatic carbocycles. The lowest BCUT2D eigenvalue weighted by Crippen LogP contribution is -2.50. The molecule has 0 spiro atoms. The molecule has 1 N–H and O–H groups in total. The van der Waals surface area contributed by atoms with E-state index in [0.717, 1.165) is 5.82 Å². The Morgan fingerprint density at radius 3 is 2.86 bits per heavy atom. The molecule has 1 atom stereocenters. The van der Waals surface area contributed by atoms with Gasteiger partial charge < -0.3 is 9.67 Å². The van der Waals surface area contributed by atoms with Crippen molar-refractivity contribution in [3.63, 3.8) is 0 Å². The maximum Gasteiger partial charge on any atom is 0.307 e. The van der Waals surface area contributed by atoms with Crippen LogP contribution in [0.15, 0.2) is 12.4 Å². The third-order valence-electron chi connectivity index (χ3n) is 4.10. The number of hydrogen-bond donors (Lipinski definition) is 1. The standard InChI is InChI=1S/C12H18N4O4S/c17-12(18)10-2-1-4-15(8-10)21(19,20)16-7-6-14-5-3-13-11(14)9-16/h3,5,10H,1-2,4,6-9H2,(H,17,18). The zero-order chi connectivity index (χ0) is 15.0. The van der Waals surface area contributed by atoms with E-state index in [0.29, 0.717) is 32.5 Å². The number of fused-ring (bicyclic) bond motifs is 1. The molecule has 0 bridgehead atoms. The molecular weight excluding hydrogens is 296 g/mol. The minimum absolute atomic E-state index is 0.0581. The fourth-order valence-corrected chi connectivity index (χ4v) is 4.51. The van der Waals surface area contributed by atoms with E-state index < -0.39 is 22.1 Å². The number of aromatic nitrogens is 2. The average Bonchev–Trinajstić information content (AvgIpc) is 2.94. The first kappa shape index (κ1) is 14.5. The summed E-state index contributed by atoms with van der Waals surface area (Å²) >= 11 is 0. The fraction of sp³-hybridized carbons (Fsp3) is 0.667. The number of piperidine rings is 1. The summed E-state index contributed by atoms with van der Waals surface area (Å²) in [5.74, 6) is -0.819. The zero-order valence-corrected chi connectivity index (χ0v) is 12.4. The van der Waals surface area contributed by atoms with Crippen molar-refractivity contribution in [2.75, 3.05) is 19.6 Å². The molecule has 0 aromatic carbocycles. The number of hydrogen-bond acceptors (Lipinski definition) is 4. The van der Waals surface area contributed by atoms with Crippen molar-refractivity contribution >= 4 is 16.2 Å². The van der Waals surface area contributed by atoms with Crippen molar-refractivity contribution in [3.05, 3.63) is 18.2 Å². The second kappa shape index (κ2) is 5.39. The van der Waals surface area contributed by atoms with E-state index in [2.05, 4.69) is 4.98 Å². The maximum absolute atomic E-state index is 12.7. The molecule has 116 valence electrons. The Labute approximate surface area is 123 Å². The first-order valence-corrected chi connectivity index (χ1v) is 8.36. The number of carboxylic acid groups (broad SMARTS) is 1. The minimum Gasteiger partial charge on any atom is -0.481 e. The monoisotopic (exact) mass is 314 g/mol. The molecule has 3 rings (SSSR count). The molecule has 0 saturated carbocycles. The molecule has 1 aromatic heterocycles. The van der Waals surface area contributed by atoms with E-state index in [1.165, 1.54) is 8.61 Å². The molecule has 1 fully saturated rings. The first-order chi connectivity index (χ1) is 9.98. The lowest BCUT2D eigenvalue weighted by Gasteiger charge is -2.35. The third-order valence-corrected chi connectivity index (χ3v) is 6.04. The molecule has 0 radical (unpaired) electrons. The molecule has 21 heavy (non-hydrogen) atoms. The second-order valence-corrected chi connectivity index (χ2v) is 7.34. The van der Waals surface area contributed by atoms with Crippen LogP contribution in [0.3, 0.4) is 0 Å². The molecule has 8 nitrogen and oxygen atoms in total. The molecule has 1 unspecified atom stereocenters. The minimum atomic E-state index is -3.62. The van der Waals surface area contributed by atoms with E-state index in [1.54, 1.807) is 6.20 Å². The lowest BCUT2D eigenvalue weighted by atomic mass is 10.0. The predicted octanol–water partition coefficient (Wildman–Crippen LogP) is -0.260. The smallest absolute Gasteiger partial charge is 0.307 e. The van der Waals surface area contributed by atoms with Crippen molar-refractivity contribution in [3.8, 4) is 0 Å². The third kappa shape index (κ3) is 2.68. The first-order valence-electron chi connectivity index (χ1n) is 6.96. The molecule has 1 aromatic rings. The largest absolute Gasteiger partial charge is 0.481 e. The number of imidazole rings is 1. The fourth-order valence-electron chi connectivity index (χ4n) is 2.87. The van der Waals surface area contributed by atoms with Gasteiger partial charge in [0, 0.05) is 38.6 Å². The van der Waals surface area contributed by atoms with Gasteiger partial charge in [-0.3, -0.25) is 4.79 Å². The number of carbonyl (C=O) groups is 1. The van der Waals surface area contributed by atoms with E-state index in [9.17, 15) is 13.2 Å². The SMILES string of the molecule is O=C(O)C1CCCN(S(=O)(=O)N2CCn3ccnc3C2)C1. The summed E-state index contributed by atoms with van der Waals surface area (Å²) in [4.78, 5) is 15.2. The van der Waals surface area contributed by atoms with Gasteiger partial charge in [-0.2, -0.15) is 17.0 Å². The van der Waals surface area contributed by atoms with Crippen LogP contribution in [0.1, 0.15) is 18.7 Å². The summed E-state index contributed by atoms with van der Waals surface area (Å²) in [5, 5.41) is 9.09. The van der Waals surface area contributed by atoms with Crippen molar-refractivity contribution in [2.45, 2.75) is 25.9 Å². The van der Waals surface area contributed by atoms with E-state index in [1.807, 2.05) is 10.8 Å². The number of carboxylic acids is 1. The highest BCUT2D eigenvalue weighted by Crippen LogP contribution is 2.23. The topological polar surface area (TPSA) is 95.7 Å². The van der Waals surface area contributed by atoms with Crippen LogP contribution in [-0.2, 0) is 28.1 Å². The van der Waals surface area contributed by atoms with Crippen LogP contribution >= 0.6 is 0 Å². The van der Waals surface area contributed by atoms with Crippen molar-refractivity contribution in [1.82, 2.24) is 18.2 Å². The highest BCUT2D eigenvalue weighted by Gasteiger charge is 2.37. The molecule has 1 saturated heterocycles. The summed E-state index contributed by atoms with van der Waals surface area (Å²) in [6.45, 7) is 1.65. The van der Waals surface area contributed by atoms with Gasteiger partial charge in [0.05, 0.1) is 12.5 Å². The normalized spacial score (nSPS) is 24.7. The van der Waals surface area contributed by atoms with Gasteiger partial charge in [0.1, 0.15) is 5.82 Å². The molecular formula is C12H18N4O4S. The van der Waals surface area contributed by atoms with Crippen LogP contribution in [0.5, 0.6) is 0 Å². The maximum atomic E-state index is 12.7. The van der Waals surface area contributed by atoms with Crippen LogP contribution in [0.2, 0.25) is 0 Å². The average molecular weight is 314 g/mol. The van der Waals surface area contributed by atoms with Crippen molar-refractivity contribution in [1.29, 1.82) is 0 Å². The Balaban J connectivity index is 1.76. The Hall–Kier alpha value is -1.45. The van der Waals surface area contributed by atoms with Gasteiger partial charge in [0.2, 0.25) is 0 Å². The number of rotatable bonds is 3. The van der Waals surface area contributed by atoms with Gasteiger partial charge in [-0.1, -0.05) is 0 Å². The van der Waals surface area contributed by atoms with E-state index >= 15 is 0 Å². The van der Waals surface area contributed by atoms with Crippen LogP contribution in [0, 0.1) is 5.92 Å². The van der Waals surface area contributed by atoms with Crippen LogP contribution < -0.4 is 0 Å². The molecule has 2 aliphatic heterocycles. The molecule has 3 heterocycles. The highest BCUT2D eigenvalue weighted by atomic mass is 32.2. The Kier molecular flexibility index (Phi) is 3.72. The predicted molar refractivity (Wildman–Crippen MR) is 73.5 cm³/mol. The van der Waals surface area contributed by atoms with Crippen molar-refractivity contribution < 1.29 is 18.3 Å². The number of aliphatic carboxylic acids is 1. The summed E-state index contributed by atoms with van der Waals surface area (Å²) in [6.07, 6.45) is 4.61. The second-order valence-electron chi connectivity index (χ2n) is 5.41. The number of nitrogens with zero attached hydrogens (tertiary/aromatic N) is 4. The van der Waals surface area contributed by atoms with Crippen LogP contribution in [0.4, 0.5) is 0 Å². The quantitative estimate of drug-likeness (QED) is 0.829. The van der Waals surface area contributed by atoms with Gasteiger partial charge in [-0.05, 0) is 12.8 Å². The zero-order valence-electron chi connectivity index (χ0n) is 11.6. The van der Waals surface area contributed by atoms with Gasteiger partial charge in [-0.15, -0.1) is 0 Å². The van der Waals surface area contributed by atoms with Gasteiger partial charge in [0.25, 0.3) is 10.2 Å². The van der Waals surface area contributed by atoms with Crippen LogP contribution in [0.25, 0.3) is 0 Å². The van der Waals surface area contributed by atoms with E-state index in [4.69, 9.17) is 5.11 Å². The van der Waals surface area contributed by atoms with Gasteiger partial charge in [-0.25, -0.2) is 4.98 Å². The molecule has 9 heteroatoms. The van der Waals surface area contributed by atoms with Gasteiger partial charge >= 0.3 is 5.97 Å². The lowest BCUT2D eigenvalue weighted by molar-refractivity contribution is -0.142. The molecule has 2 aliphatic rings. The van der Waals surface area contributed by atoms with Crippen molar-refractivity contribution in [2.24, 2.45) is 5.92 Å².